The first-order chi connectivity index (χ1) is 13.0. The summed E-state index contributed by atoms with van der Waals surface area (Å²) in [6.07, 6.45) is 0. The van der Waals surface area contributed by atoms with Crippen LogP contribution in [0.15, 0.2) is 54.6 Å². The zero-order valence-electron chi connectivity index (χ0n) is 15.8. The fourth-order valence-corrected chi connectivity index (χ4v) is 2.43. The van der Waals surface area contributed by atoms with E-state index in [0.29, 0.717) is 18.2 Å². The minimum Gasteiger partial charge on any atom is -0.484 e. The third kappa shape index (κ3) is 7.11. The van der Waals surface area contributed by atoms with Gasteiger partial charge >= 0.3 is 0 Å². The van der Waals surface area contributed by atoms with Gasteiger partial charge in [-0.1, -0.05) is 56.3 Å². The first-order valence-corrected chi connectivity index (χ1v) is 9.02. The molecule has 0 saturated heterocycles. The van der Waals surface area contributed by atoms with Gasteiger partial charge in [0.1, 0.15) is 5.75 Å². The summed E-state index contributed by atoms with van der Waals surface area (Å²) >= 11 is 0. The standard InChI is InChI=1S/C21H27N3O3/c1-15(2)16-8-10-17(11-9-16)19(22)12-23-20(25)13-24-21(26)14-27-18-6-4-3-5-7-18/h3-11,15,19H,12-14,22H2,1-2H3,(H,23,25)(H,24,26). The number of ether oxygens (including phenoxy) is 1. The third-order valence-corrected chi connectivity index (χ3v) is 4.11. The predicted octanol–water partition coefficient (Wildman–Crippen LogP) is 2.12. The summed E-state index contributed by atoms with van der Waals surface area (Å²) in [5.41, 5.74) is 8.32. The Morgan fingerprint density at radius 2 is 1.56 bits per heavy atom. The minimum atomic E-state index is -0.359. The average Bonchev–Trinajstić information content (AvgIpc) is 2.69. The Kier molecular flexibility index (Phi) is 7.82. The van der Waals surface area contributed by atoms with Crippen molar-refractivity contribution < 1.29 is 14.3 Å². The maximum Gasteiger partial charge on any atom is 0.258 e. The molecular formula is C21H27N3O3. The molecule has 2 aromatic rings. The summed E-state index contributed by atoms with van der Waals surface area (Å²) < 4.78 is 5.32. The van der Waals surface area contributed by atoms with Crippen molar-refractivity contribution in [1.82, 2.24) is 10.6 Å². The van der Waals surface area contributed by atoms with Crippen LogP contribution in [0.5, 0.6) is 5.75 Å². The second kappa shape index (κ2) is 10.3. The molecule has 0 aliphatic rings. The van der Waals surface area contributed by atoms with Crippen LogP contribution in [-0.4, -0.2) is 31.5 Å². The van der Waals surface area contributed by atoms with Crippen LogP contribution in [0, 0.1) is 0 Å². The van der Waals surface area contributed by atoms with Crippen LogP contribution in [-0.2, 0) is 9.59 Å². The van der Waals surface area contributed by atoms with E-state index in [0.717, 1.165) is 5.56 Å². The van der Waals surface area contributed by atoms with Crippen molar-refractivity contribution in [2.75, 3.05) is 19.7 Å². The molecule has 0 bridgehead atoms. The van der Waals surface area contributed by atoms with E-state index in [1.165, 1.54) is 5.56 Å². The molecule has 0 fully saturated rings. The lowest BCUT2D eigenvalue weighted by Gasteiger charge is -2.15. The van der Waals surface area contributed by atoms with Crippen molar-refractivity contribution in [1.29, 1.82) is 0 Å². The molecule has 2 aromatic carbocycles. The number of amides is 2. The molecule has 6 nitrogen and oxygen atoms in total. The molecule has 0 radical (unpaired) electrons. The molecule has 1 atom stereocenters. The number of rotatable bonds is 9. The SMILES string of the molecule is CC(C)c1ccc(C(N)CNC(=O)CNC(=O)COc2ccccc2)cc1. The molecule has 6 heteroatoms. The van der Waals surface area contributed by atoms with Crippen molar-refractivity contribution in [2.24, 2.45) is 5.73 Å². The zero-order chi connectivity index (χ0) is 19.6. The molecule has 0 aromatic heterocycles. The summed E-state index contributed by atoms with van der Waals surface area (Å²) in [6, 6.07) is 16.8. The molecule has 2 rings (SSSR count). The fraction of sp³-hybridized carbons (Fsp3) is 0.333. The smallest absolute Gasteiger partial charge is 0.258 e. The van der Waals surface area contributed by atoms with E-state index in [-0.39, 0.29) is 31.0 Å². The summed E-state index contributed by atoms with van der Waals surface area (Å²) in [4.78, 5) is 23.6. The fourth-order valence-electron chi connectivity index (χ4n) is 2.43. The van der Waals surface area contributed by atoms with Crippen molar-refractivity contribution >= 4 is 11.8 Å². The van der Waals surface area contributed by atoms with Crippen LogP contribution < -0.4 is 21.1 Å². The van der Waals surface area contributed by atoms with Crippen LogP contribution in [0.1, 0.15) is 36.9 Å². The first kappa shape index (κ1) is 20.5. The van der Waals surface area contributed by atoms with Crippen LogP contribution >= 0.6 is 0 Å². The van der Waals surface area contributed by atoms with Gasteiger partial charge < -0.3 is 21.1 Å². The number of hydrogen-bond donors (Lipinski definition) is 3. The maximum absolute atomic E-state index is 11.9. The molecule has 0 spiro atoms. The van der Waals surface area contributed by atoms with E-state index in [4.69, 9.17) is 10.5 Å². The lowest BCUT2D eigenvalue weighted by Crippen LogP contribution is -2.41. The van der Waals surface area contributed by atoms with Crippen LogP contribution in [0.2, 0.25) is 0 Å². The zero-order valence-corrected chi connectivity index (χ0v) is 15.8. The van der Waals surface area contributed by atoms with E-state index in [2.05, 4.69) is 36.6 Å². The van der Waals surface area contributed by atoms with Gasteiger partial charge in [0.05, 0.1) is 6.54 Å². The Labute approximate surface area is 160 Å². The first-order valence-electron chi connectivity index (χ1n) is 9.02. The highest BCUT2D eigenvalue weighted by atomic mass is 16.5. The summed E-state index contributed by atoms with van der Waals surface area (Å²) in [6.45, 7) is 4.31. The molecule has 4 N–H and O–H groups in total. The summed E-state index contributed by atoms with van der Waals surface area (Å²) in [5.74, 6) is 0.413. The number of carbonyl (C=O) groups excluding carboxylic acids is 2. The van der Waals surface area contributed by atoms with Gasteiger partial charge in [-0.25, -0.2) is 0 Å². The van der Waals surface area contributed by atoms with Gasteiger partial charge in [-0.05, 0) is 29.2 Å². The Morgan fingerprint density at radius 1 is 0.926 bits per heavy atom. The molecule has 0 aliphatic heterocycles. The Balaban J connectivity index is 1.67. The molecule has 2 amide bonds. The lowest BCUT2D eigenvalue weighted by molar-refractivity contribution is -0.127. The molecule has 1 unspecified atom stereocenters. The highest BCUT2D eigenvalue weighted by molar-refractivity contribution is 5.85. The number of para-hydroxylation sites is 1. The van der Waals surface area contributed by atoms with Gasteiger partial charge in [-0.2, -0.15) is 0 Å². The van der Waals surface area contributed by atoms with E-state index < -0.39 is 0 Å². The highest BCUT2D eigenvalue weighted by Crippen LogP contribution is 2.17. The highest BCUT2D eigenvalue weighted by Gasteiger charge is 2.10. The maximum atomic E-state index is 11.9. The van der Waals surface area contributed by atoms with Gasteiger partial charge in [-0.15, -0.1) is 0 Å². The van der Waals surface area contributed by atoms with E-state index in [9.17, 15) is 9.59 Å². The van der Waals surface area contributed by atoms with Crippen molar-refractivity contribution in [3.05, 3.63) is 65.7 Å². The Morgan fingerprint density at radius 3 is 2.19 bits per heavy atom. The van der Waals surface area contributed by atoms with E-state index in [1.54, 1.807) is 12.1 Å². The van der Waals surface area contributed by atoms with Gasteiger partial charge in [0, 0.05) is 12.6 Å². The average molecular weight is 369 g/mol. The second-order valence-corrected chi connectivity index (χ2v) is 6.61. The van der Waals surface area contributed by atoms with Gasteiger partial charge in [0.2, 0.25) is 5.91 Å². The number of nitrogens with one attached hydrogen (secondary N) is 2. The van der Waals surface area contributed by atoms with Crippen LogP contribution in [0.3, 0.4) is 0 Å². The second-order valence-electron chi connectivity index (χ2n) is 6.61. The van der Waals surface area contributed by atoms with Crippen molar-refractivity contribution in [3.8, 4) is 5.75 Å². The topological polar surface area (TPSA) is 93.5 Å². The van der Waals surface area contributed by atoms with E-state index in [1.807, 2.05) is 30.3 Å². The number of carbonyl (C=O) groups is 2. The molecule has 0 aliphatic carbocycles. The Hall–Kier alpha value is -2.86. The third-order valence-electron chi connectivity index (χ3n) is 4.11. The number of hydrogen-bond acceptors (Lipinski definition) is 4. The summed E-state index contributed by atoms with van der Waals surface area (Å²) in [7, 11) is 0. The number of benzene rings is 2. The monoisotopic (exact) mass is 369 g/mol. The van der Waals surface area contributed by atoms with Crippen LogP contribution in [0.4, 0.5) is 0 Å². The molecule has 27 heavy (non-hydrogen) atoms. The van der Waals surface area contributed by atoms with Crippen molar-refractivity contribution in [3.63, 3.8) is 0 Å². The lowest BCUT2D eigenvalue weighted by atomic mass is 9.99. The number of nitrogens with two attached hydrogens (primary N) is 1. The molecule has 0 saturated carbocycles. The Bertz CT molecular complexity index is 730. The summed E-state index contributed by atoms with van der Waals surface area (Å²) in [5, 5.41) is 5.25. The normalized spacial score (nSPS) is 11.7. The van der Waals surface area contributed by atoms with Gasteiger partial charge in [-0.3, -0.25) is 9.59 Å². The largest absolute Gasteiger partial charge is 0.484 e. The molecule has 0 heterocycles. The molecular weight excluding hydrogens is 342 g/mol. The van der Waals surface area contributed by atoms with Crippen molar-refractivity contribution in [2.45, 2.75) is 25.8 Å². The minimum absolute atomic E-state index is 0.115. The van der Waals surface area contributed by atoms with E-state index >= 15 is 0 Å². The molecule has 144 valence electrons. The van der Waals surface area contributed by atoms with Gasteiger partial charge in [0.15, 0.2) is 6.61 Å². The predicted molar refractivity (Wildman–Crippen MR) is 105 cm³/mol. The van der Waals surface area contributed by atoms with Crippen LogP contribution in [0.25, 0.3) is 0 Å². The van der Waals surface area contributed by atoms with Gasteiger partial charge in [0.25, 0.3) is 5.91 Å². The quantitative estimate of drug-likeness (QED) is 0.631.